The third kappa shape index (κ3) is 4.30. The van der Waals surface area contributed by atoms with Crippen molar-refractivity contribution in [2.75, 3.05) is 31.7 Å². The number of aliphatic hydroxyl groups is 1. The number of hydrogen-bond donors (Lipinski definition) is 1. The molecule has 0 radical (unpaired) electrons. The van der Waals surface area contributed by atoms with Gasteiger partial charge in [0, 0.05) is 24.7 Å². The highest BCUT2D eigenvalue weighted by Gasteiger charge is 2.08. The molecule has 17 heavy (non-hydrogen) atoms. The molecule has 0 aliphatic heterocycles. The summed E-state index contributed by atoms with van der Waals surface area (Å²) < 4.78 is 6.33. The van der Waals surface area contributed by atoms with Gasteiger partial charge >= 0.3 is 0 Å². The molecule has 0 aliphatic carbocycles. The molecule has 0 spiro atoms. The summed E-state index contributed by atoms with van der Waals surface area (Å²) in [4.78, 5) is 2.13. The van der Waals surface area contributed by atoms with Crippen molar-refractivity contribution in [2.45, 2.75) is 20.0 Å². The van der Waals surface area contributed by atoms with Gasteiger partial charge in [0.15, 0.2) is 0 Å². The maximum Gasteiger partial charge on any atom is 0.0762 e. The molecule has 1 unspecified atom stereocenters. The van der Waals surface area contributed by atoms with Crippen LogP contribution < -0.4 is 4.90 Å². The van der Waals surface area contributed by atoms with Crippen LogP contribution in [0.1, 0.15) is 25.5 Å². The summed E-state index contributed by atoms with van der Waals surface area (Å²) in [6.45, 7) is 6.07. The number of ether oxygens (including phenoxy) is 1. The lowest BCUT2D eigenvalue weighted by molar-refractivity contribution is 0.154. The second-order valence-corrected chi connectivity index (χ2v) is 4.86. The fourth-order valence-electron chi connectivity index (χ4n) is 1.56. The van der Waals surface area contributed by atoms with Gasteiger partial charge in [0.1, 0.15) is 0 Å². The molecule has 1 rings (SSSR count). The average molecular weight is 302 g/mol. The molecule has 0 amide bonds. The molecule has 0 fully saturated rings. The van der Waals surface area contributed by atoms with E-state index < -0.39 is 6.10 Å². The first-order valence-electron chi connectivity index (χ1n) is 5.82. The van der Waals surface area contributed by atoms with E-state index in [1.54, 1.807) is 6.92 Å². The predicted molar refractivity (Wildman–Crippen MR) is 74.5 cm³/mol. The monoisotopic (exact) mass is 301 g/mol. The Kier molecular flexibility index (Phi) is 5.95. The van der Waals surface area contributed by atoms with Gasteiger partial charge in [-0.1, -0.05) is 6.07 Å². The first-order valence-corrected chi connectivity index (χ1v) is 6.62. The van der Waals surface area contributed by atoms with E-state index in [-0.39, 0.29) is 0 Å². The lowest BCUT2D eigenvalue weighted by Crippen LogP contribution is -2.23. The minimum absolute atomic E-state index is 0.436. The van der Waals surface area contributed by atoms with Crippen molar-refractivity contribution >= 4 is 21.6 Å². The summed E-state index contributed by atoms with van der Waals surface area (Å²) in [7, 11) is 2.03. The fourth-order valence-corrected chi connectivity index (χ4v) is 2.26. The van der Waals surface area contributed by atoms with Gasteiger partial charge in [-0.2, -0.15) is 0 Å². The van der Waals surface area contributed by atoms with Gasteiger partial charge < -0.3 is 14.7 Å². The van der Waals surface area contributed by atoms with Crippen LogP contribution in [0.4, 0.5) is 5.69 Å². The molecule has 4 heteroatoms. The summed E-state index contributed by atoms with van der Waals surface area (Å²) in [6, 6.07) is 5.91. The van der Waals surface area contributed by atoms with Gasteiger partial charge in [0.05, 0.1) is 18.4 Å². The Bertz CT molecular complexity index is 355. The molecule has 0 saturated carbocycles. The maximum absolute atomic E-state index is 9.50. The molecular weight excluding hydrogens is 282 g/mol. The van der Waals surface area contributed by atoms with Crippen molar-refractivity contribution in [1.29, 1.82) is 0 Å². The van der Waals surface area contributed by atoms with Gasteiger partial charge in [-0.25, -0.2) is 0 Å². The first-order chi connectivity index (χ1) is 8.06. The highest BCUT2D eigenvalue weighted by Crippen LogP contribution is 2.28. The number of anilines is 1. The van der Waals surface area contributed by atoms with E-state index in [1.807, 2.05) is 32.2 Å². The topological polar surface area (TPSA) is 32.7 Å². The van der Waals surface area contributed by atoms with E-state index in [9.17, 15) is 5.11 Å². The Morgan fingerprint density at radius 1 is 1.47 bits per heavy atom. The molecule has 3 nitrogen and oxygen atoms in total. The highest BCUT2D eigenvalue weighted by atomic mass is 79.9. The molecule has 1 aromatic rings. The lowest BCUT2D eigenvalue weighted by Gasteiger charge is -2.21. The van der Waals surface area contributed by atoms with Crippen LogP contribution in [0.2, 0.25) is 0 Å². The second kappa shape index (κ2) is 6.99. The van der Waals surface area contributed by atoms with E-state index in [0.29, 0.717) is 0 Å². The molecule has 0 aliphatic rings. The molecule has 1 N–H and O–H groups in total. The summed E-state index contributed by atoms with van der Waals surface area (Å²) in [5.74, 6) is 0. The predicted octanol–water partition coefficient (Wildman–Crippen LogP) is 2.98. The molecular formula is C13H20BrNO2. The van der Waals surface area contributed by atoms with Crippen molar-refractivity contribution < 1.29 is 9.84 Å². The van der Waals surface area contributed by atoms with Gasteiger partial charge in [0.2, 0.25) is 0 Å². The van der Waals surface area contributed by atoms with Crippen LogP contribution in [0.5, 0.6) is 0 Å². The van der Waals surface area contributed by atoms with E-state index in [1.165, 1.54) is 0 Å². The van der Waals surface area contributed by atoms with E-state index in [2.05, 4.69) is 20.8 Å². The number of hydrogen-bond acceptors (Lipinski definition) is 3. The number of benzene rings is 1. The van der Waals surface area contributed by atoms with Crippen LogP contribution >= 0.6 is 15.9 Å². The van der Waals surface area contributed by atoms with Crippen LogP contribution in [-0.4, -0.2) is 31.9 Å². The Balaban J connectivity index is 2.70. The Morgan fingerprint density at radius 3 is 2.71 bits per heavy atom. The molecule has 0 bridgehead atoms. The number of likely N-dealkylation sites (N-methyl/N-ethyl adjacent to an activating group) is 1. The normalized spacial score (nSPS) is 12.5. The summed E-state index contributed by atoms with van der Waals surface area (Å²) in [5, 5.41) is 9.50. The van der Waals surface area contributed by atoms with Crippen LogP contribution in [0.25, 0.3) is 0 Å². The smallest absolute Gasteiger partial charge is 0.0762 e. The van der Waals surface area contributed by atoms with E-state index in [0.717, 1.165) is 35.5 Å². The number of rotatable bonds is 6. The van der Waals surface area contributed by atoms with Crippen molar-refractivity contribution in [2.24, 2.45) is 0 Å². The highest BCUT2D eigenvalue weighted by molar-refractivity contribution is 9.10. The number of aliphatic hydroxyl groups excluding tert-OH is 1. The van der Waals surface area contributed by atoms with Crippen molar-refractivity contribution in [1.82, 2.24) is 0 Å². The average Bonchev–Trinajstić information content (AvgIpc) is 2.28. The third-order valence-corrected chi connectivity index (χ3v) is 3.28. The SMILES string of the molecule is CCOCCN(C)c1ccc(C(C)O)cc1Br. The van der Waals surface area contributed by atoms with Crippen LogP contribution in [-0.2, 0) is 4.74 Å². The molecule has 96 valence electrons. The molecule has 0 saturated heterocycles. The molecule has 1 aromatic carbocycles. The van der Waals surface area contributed by atoms with Crippen LogP contribution in [0.15, 0.2) is 22.7 Å². The van der Waals surface area contributed by atoms with Crippen molar-refractivity contribution in [3.63, 3.8) is 0 Å². The van der Waals surface area contributed by atoms with Gasteiger partial charge in [0.25, 0.3) is 0 Å². The maximum atomic E-state index is 9.50. The zero-order chi connectivity index (χ0) is 12.8. The second-order valence-electron chi connectivity index (χ2n) is 4.01. The third-order valence-electron chi connectivity index (χ3n) is 2.64. The Labute approximate surface area is 112 Å². The quantitative estimate of drug-likeness (QED) is 0.820. The summed E-state index contributed by atoms with van der Waals surface area (Å²) >= 11 is 3.53. The Hall–Kier alpha value is -0.580. The van der Waals surface area contributed by atoms with Gasteiger partial charge in [-0.05, 0) is 47.5 Å². The molecule has 1 atom stereocenters. The molecule has 0 heterocycles. The summed E-state index contributed by atoms with van der Waals surface area (Å²) in [6.07, 6.45) is -0.436. The van der Waals surface area contributed by atoms with Crippen molar-refractivity contribution in [3.05, 3.63) is 28.2 Å². The largest absolute Gasteiger partial charge is 0.389 e. The van der Waals surface area contributed by atoms with Gasteiger partial charge in [-0.3, -0.25) is 0 Å². The minimum atomic E-state index is -0.436. The number of halogens is 1. The minimum Gasteiger partial charge on any atom is -0.389 e. The number of nitrogens with zero attached hydrogens (tertiary/aromatic N) is 1. The molecule has 0 aromatic heterocycles. The standard InChI is InChI=1S/C13H20BrNO2/c1-4-17-8-7-15(3)13-6-5-11(10(2)16)9-12(13)14/h5-6,9-10,16H,4,7-8H2,1-3H3. The van der Waals surface area contributed by atoms with Crippen LogP contribution in [0, 0.1) is 0 Å². The fraction of sp³-hybridized carbons (Fsp3) is 0.538. The van der Waals surface area contributed by atoms with Crippen LogP contribution in [0.3, 0.4) is 0 Å². The van der Waals surface area contributed by atoms with Crippen molar-refractivity contribution in [3.8, 4) is 0 Å². The first kappa shape index (κ1) is 14.5. The van der Waals surface area contributed by atoms with E-state index in [4.69, 9.17) is 4.74 Å². The summed E-state index contributed by atoms with van der Waals surface area (Å²) in [5.41, 5.74) is 2.02. The van der Waals surface area contributed by atoms with Gasteiger partial charge in [-0.15, -0.1) is 0 Å². The Morgan fingerprint density at radius 2 is 2.18 bits per heavy atom. The lowest BCUT2D eigenvalue weighted by atomic mass is 10.1. The van der Waals surface area contributed by atoms with E-state index >= 15 is 0 Å². The zero-order valence-electron chi connectivity index (χ0n) is 10.6. The zero-order valence-corrected chi connectivity index (χ0v) is 12.2.